The van der Waals surface area contributed by atoms with Crippen molar-refractivity contribution in [1.82, 2.24) is 14.7 Å². The second kappa shape index (κ2) is 4.37. The molecule has 20 heavy (non-hydrogen) atoms. The predicted octanol–water partition coefficient (Wildman–Crippen LogP) is 2.96. The Morgan fingerprint density at radius 1 is 1.35 bits per heavy atom. The minimum atomic E-state index is 0.498. The standard InChI is InChI=1S/C15H15N3O2/c1-19-13-4-2-3-12-11(13)7-8-18(12)9-14-16-15(20-17-14)10-5-6-10/h2-4,7-8,10H,5-6,9H2,1H3. The Bertz CT molecular complexity index is 755. The van der Waals surface area contributed by atoms with Gasteiger partial charge in [-0.25, -0.2) is 0 Å². The molecule has 0 aliphatic heterocycles. The second-order valence-electron chi connectivity index (χ2n) is 5.16. The van der Waals surface area contributed by atoms with Crippen molar-refractivity contribution < 1.29 is 9.26 Å². The number of fused-ring (bicyclic) bond motifs is 1. The number of aromatic nitrogens is 3. The van der Waals surface area contributed by atoms with Crippen LogP contribution in [0.25, 0.3) is 10.9 Å². The van der Waals surface area contributed by atoms with Gasteiger partial charge < -0.3 is 13.8 Å². The predicted molar refractivity (Wildman–Crippen MR) is 73.9 cm³/mol. The maximum atomic E-state index is 5.37. The van der Waals surface area contributed by atoms with Gasteiger partial charge >= 0.3 is 0 Å². The molecule has 1 aliphatic carbocycles. The first-order chi connectivity index (χ1) is 9.85. The number of hydrogen-bond acceptors (Lipinski definition) is 4. The third-order valence-electron chi connectivity index (χ3n) is 3.72. The zero-order valence-electron chi connectivity index (χ0n) is 11.2. The van der Waals surface area contributed by atoms with Gasteiger partial charge in [0.15, 0.2) is 5.82 Å². The number of rotatable bonds is 4. The molecule has 5 nitrogen and oxygen atoms in total. The second-order valence-corrected chi connectivity index (χ2v) is 5.16. The van der Waals surface area contributed by atoms with E-state index in [1.165, 1.54) is 12.8 Å². The molecular weight excluding hydrogens is 254 g/mol. The van der Waals surface area contributed by atoms with E-state index in [1.807, 2.05) is 18.3 Å². The van der Waals surface area contributed by atoms with E-state index in [9.17, 15) is 0 Å². The minimum absolute atomic E-state index is 0.498. The molecule has 0 unspecified atom stereocenters. The molecule has 0 radical (unpaired) electrons. The summed E-state index contributed by atoms with van der Waals surface area (Å²) in [6, 6.07) is 8.07. The lowest BCUT2D eigenvalue weighted by Gasteiger charge is -2.04. The fourth-order valence-electron chi connectivity index (χ4n) is 2.49. The Morgan fingerprint density at radius 2 is 2.25 bits per heavy atom. The van der Waals surface area contributed by atoms with Crippen LogP contribution in [0.4, 0.5) is 0 Å². The molecule has 0 bridgehead atoms. The van der Waals surface area contributed by atoms with Crippen LogP contribution in [0, 0.1) is 0 Å². The molecule has 0 saturated heterocycles. The first-order valence-electron chi connectivity index (χ1n) is 6.79. The lowest BCUT2D eigenvalue weighted by atomic mass is 10.2. The highest BCUT2D eigenvalue weighted by Gasteiger charge is 2.29. The van der Waals surface area contributed by atoms with Crippen LogP contribution in [0.2, 0.25) is 0 Å². The van der Waals surface area contributed by atoms with Gasteiger partial charge in [-0.3, -0.25) is 0 Å². The summed E-state index contributed by atoms with van der Waals surface area (Å²) in [7, 11) is 1.69. The third-order valence-corrected chi connectivity index (χ3v) is 3.72. The molecule has 1 fully saturated rings. The minimum Gasteiger partial charge on any atom is -0.496 e. The summed E-state index contributed by atoms with van der Waals surface area (Å²) in [6.07, 6.45) is 4.37. The Hall–Kier alpha value is -2.30. The Kier molecular flexibility index (Phi) is 2.52. The number of ether oxygens (including phenoxy) is 1. The first-order valence-corrected chi connectivity index (χ1v) is 6.79. The monoisotopic (exact) mass is 269 g/mol. The average molecular weight is 269 g/mol. The smallest absolute Gasteiger partial charge is 0.229 e. The molecule has 0 N–H and O–H groups in total. The van der Waals surface area contributed by atoms with Crippen molar-refractivity contribution in [1.29, 1.82) is 0 Å². The highest BCUT2D eigenvalue weighted by atomic mass is 16.5. The van der Waals surface area contributed by atoms with Gasteiger partial charge in [0.2, 0.25) is 5.89 Å². The first kappa shape index (κ1) is 11.5. The van der Waals surface area contributed by atoms with E-state index in [1.54, 1.807) is 7.11 Å². The van der Waals surface area contributed by atoms with Crippen molar-refractivity contribution in [2.24, 2.45) is 0 Å². The van der Waals surface area contributed by atoms with Gasteiger partial charge in [0, 0.05) is 17.5 Å². The van der Waals surface area contributed by atoms with Crippen LogP contribution in [0.1, 0.15) is 30.5 Å². The topological polar surface area (TPSA) is 53.1 Å². The van der Waals surface area contributed by atoms with Crippen LogP contribution in [-0.2, 0) is 6.54 Å². The van der Waals surface area contributed by atoms with Crippen molar-refractivity contribution in [3.05, 3.63) is 42.2 Å². The van der Waals surface area contributed by atoms with Crippen LogP contribution in [0.15, 0.2) is 35.0 Å². The summed E-state index contributed by atoms with van der Waals surface area (Å²) in [6.45, 7) is 0.618. The van der Waals surface area contributed by atoms with Gasteiger partial charge in [0.25, 0.3) is 0 Å². The largest absolute Gasteiger partial charge is 0.496 e. The van der Waals surface area contributed by atoms with Crippen LogP contribution in [0.5, 0.6) is 5.75 Å². The molecule has 5 heteroatoms. The molecule has 3 aromatic rings. The van der Waals surface area contributed by atoms with Gasteiger partial charge in [0.1, 0.15) is 5.75 Å². The molecule has 0 amide bonds. The Balaban J connectivity index is 1.67. The zero-order valence-corrected chi connectivity index (χ0v) is 11.2. The molecule has 1 aliphatic rings. The van der Waals surface area contributed by atoms with Gasteiger partial charge in [-0.1, -0.05) is 11.2 Å². The molecule has 2 aromatic heterocycles. The highest BCUT2D eigenvalue weighted by Crippen LogP contribution is 2.38. The van der Waals surface area contributed by atoms with Crippen molar-refractivity contribution in [2.75, 3.05) is 7.11 Å². The molecule has 1 saturated carbocycles. The van der Waals surface area contributed by atoms with E-state index in [0.717, 1.165) is 28.4 Å². The van der Waals surface area contributed by atoms with Crippen molar-refractivity contribution >= 4 is 10.9 Å². The average Bonchev–Trinajstić information content (AvgIpc) is 3.09. The van der Waals surface area contributed by atoms with Gasteiger partial charge in [-0.2, -0.15) is 4.98 Å². The van der Waals surface area contributed by atoms with E-state index in [2.05, 4.69) is 26.8 Å². The summed E-state index contributed by atoms with van der Waals surface area (Å²) in [5, 5.41) is 5.16. The summed E-state index contributed by atoms with van der Waals surface area (Å²) in [4.78, 5) is 4.47. The maximum Gasteiger partial charge on any atom is 0.229 e. The van der Waals surface area contributed by atoms with Crippen molar-refractivity contribution in [2.45, 2.75) is 25.3 Å². The fourth-order valence-corrected chi connectivity index (χ4v) is 2.49. The summed E-state index contributed by atoms with van der Waals surface area (Å²) in [5.74, 6) is 2.90. The van der Waals surface area contributed by atoms with E-state index < -0.39 is 0 Å². The number of hydrogen-bond donors (Lipinski definition) is 0. The van der Waals surface area contributed by atoms with E-state index in [4.69, 9.17) is 9.26 Å². The number of nitrogens with zero attached hydrogens (tertiary/aromatic N) is 3. The molecular formula is C15H15N3O2. The van der Waals surface area contributed by atoms with Crippen LogP contribution in [0.3, 0.4) is 0 Å². The summed E-state index contributed by atoms with van der Waals surface area (Å²) < 4.78 is 12.8. The Labute approximate surface area is 116 Å². The lowest BCUT2D eigenvalue weighted by molar-refractivity contribution is 0.373. The van der Waals surface area contributed by atoms with Crippen LogP contribution in [-0.4, -0.2) is 21.8 Å². The third kappa shape index (κ3) is 1.86. The van der Waals surface area contributed by atoms with Crippen LogP contribution >= 0.6 is 0 Å². The molecule has 0 spiro atoms. The van der Waals surface area contributed by atoms with E-state index in [-0.39, 0.29) is 0 Å². The fraction of sp³-hybridized carbons (Fsp3) is 0.333. The maximum absolute atomic E-state index is 5.37. The van der Waals surface area contributed by atoms with Gasteiger partial charge in [0.05, 0.1) is 19.2 Å². The zero-order chi connectivity index (χ0) is 13.5. The highest BCUT2D eigenvalue weighted by molar-refractivity contribution is 5.86. The normalized spacial score (nSPS) is 14.8. The van der Waals surface area contributed by atoms with E-state index in [0.29, 0.717) is 12.5 Å². The van der Waals surface area contributed by atoms with Crippen molar-refractivity contribution in [3.63, 3.8) is 0 Å². The van der Waals surface area contributed by atoms with Crippen LogP contribution < -0.4 is 4.74 Å². The number of methoxy groups -OCH3 is 1. The van der Waals surface area contributed by atoms with E-state index >= 15 is 0 Å². The summed E-state index contributed by atoms with van der Waals surface area (Å²) in [5.41, 5.74) is 1.11. The summed E-state index contributed by atoms with van der Waals surface area (Å²) >= 11 is 0. The van der Waals surface area contributed by atoms with Crippen molar-refractivity contribution in [3.8, 4) is 5.75 Å². The number of benzene rings is 1. The molecule has 4 rings (SSSR count). The molecule has 2 heterocycles. The Morgan fingerprint density at radius 3 is 3.05 bits per heavy atom. The molecule has 102 valence electrons. The SMILES string of the molecule is COc1cccc2c1ccn2Cc1noc(C2CC2)n1. The lowest BCUT2D eigenvalue weighted by Crippen LogP contribution is -2.00. The van der Waals surface area contributed by atoms with Gasteiger partial charge in [-0.05, 0) is 31.0 Å². The molecule has 0 atom stereocenters. The quantitative estimate of drug-likeness (QED) is 0.730. The van der Waals surface area contributed by atoms with Gasteiger partial charge in [-0.15, -0.1) is 0 Å². The molecule has 1 aromatic carbocycles.